The number of aryl methyl sites for hydroxylation is 1. The molecular formula is C13H19N. The van der Waals surface area contributed by atoms with Crippen LogP contribution in [0.5, 0.6) is 0 Å². The van der Waals surface area contributed by atoms with E-state index in [0.717, 1.165) is 6.54 Å². The van der Waals surface area contributed by atoms with Crippen molar-refractivity contribution < 1.29 is 0 Å². The lowest BCUT2D eigenvalue weighted by atomic mass is 10.0. The highest BCUT2D eigenvalue weighted by molar-refractivity contribution is 5.54. The molecule has 0 aliphatic rings. The molecule has 1 rings (SSSR count). The summed E-state index contributed by atoms with van der Waals surface area (Å²) in [6.07, 6.45) is 4.25. The molecular weight excluding hydrogens is 170 g/mol. The van der Waals surface area contributed by atoms with Crippen molar-refractivity contribution in [3.05, 3.63) is 41.0 Å². The maximum Gasteiger partial charge on any atom is 0.0227 e. The van der Waals surface area contributed by atoms with E-state index < -0.39 is 0 Å². The van der Waals surface area contributed by atoms with Crippen molar-refractivity contribution in [1.29, 1.82) is 0 Å². The van der Waals surface area contributed by atoms with Crippen molar-refractivity contribution in [1.82, 2.24) is 4.90 Å². The van der Waals surface area contributed by atoms with Gasteiger partial charge in [-0.05, 0) is 44.6 Å². The summed E-state index contributed by atoms with van der Waals surface area (Å²) in [5.41, 5.74) is 4.03. The zero-order valence-electron chi connectivity index (χ0n) is 9.54. The van der Waals surface area contributed by atoms with E-state index in [0.29, 0.717) is 0 Å². The summed E-state index contributed by atoms with van der Waals surface area (Å²) >= 11 is 0. The summed E-state index contributed by atoms with van der Waals surface area (Å²) in [6.45, 7) is 5.21. The summed E-state index contributed by atoms with van der Waals surface area (Å²) < 4.78 is 0. The molecule has 1 aromatic rings. The lowest BCUT2D eigenvalue weighted by molar-refractivity contribution is 0.402. The first-order chi connectivity index (χ1) is 6.63. The van der Waals surface area contributed by atoms with Crippen LogP contribution in [0.3, 0.4) is 0 Å². The minimum absolute atomic E-state index is 1.00. The molecule has 0 radical (unpaired) electrons. The molecule has 0 amide bonds. The van der Waals surface area contributed by atoms with Gasteiger partial charge in [0.05, 0.1) is 0 Å². The summed E-state index contributed by atoms with van der Waals surface area (Å²) in [7, 11) is 4.18. The van der Waals surface area contributed by atoms with Crippen LogP contribution in [0.1, 0.15) is 23.6 Å². The molecule has 14 heavy (non-hydrogen) atoms. The standard InChI is InChI=1S/C13H19N/c1-5-6-13-9-12(10-14(3)4)8-7-11(13)2/h5-9H,10H2,1-4H3/b6-5+. The van der Waals surface area contributed by atoms with Crippen molar-refractivity contribution in [2.45, 2.75) is 20.4 Å². The molecule has 0 atom stereocenters. The van der Waals surface area contributed by atoms with E-state index >= 15 is 0 Å². The third-order valence-corrected chi connectivity index (χ3v) is 2.19. The molecule has 0 N–H and O–H groups in total. The van der Waals surface area contributed by atoms with Gasteiger partial charge >= 0.3 is 0 Å². The van der Waals surface area contributed by atoms with Crippen molar-refractivity contribution >= 4 is 6.08 Å². The highest BCUT2D eigenvalue weighted by Gasteiger charge is 1.98. The second kappa shape index (κ2) is 4.97. The predicted octanol–water partition coefficient (Wildman–Crippen LogP) is 3.09. The number of hydrogen-bond donors (Lipinski definition) is 0. The van der Waals surface area contributed by atoms with Crippen LogP contribution in [0.2, 0.25) is 0 Å². The quantitative estimate of drug-likeness (QED) is 0.706. The van der Waals surface area contributed by atoms with Gasteiger partial charge in [-0.1, -0.05) is 30.4 Å². The molecule has 0 saturated heterocycles. The third-order valence-electron chi connectivity index (χ3n) is 2.19. The zero-order chi connectivity index (χ0) is 10.6. The fourth-order valence-electron chi connectivity index (χ4n) is 1.51. The minimum Gasteiger partial charge on any atom is -0.305 e. The lowest BCUT2D eigenvalue weighted by Gasteiger charge is -2.11. The van der Waals surface area contributed by atoms with Crippen LogP contribution in [-0.2, 0) is 6.54 Å². The number of hydrogen-bond acceptors (Lipinski definition) is 1. The Morgan fingerprint density at radius 2 is 2.00 bits per heavy atom. The average molecular weight is 189 g/mol. The molecule has 0 heterocycles. The van der Waals surface area contributed by atoms with Gasteiger partial charge in [-0.2, -0.15) is 0 Å². The molecule has 0 unspecified atom stereocenters. The Morgan fingerprint density at radius 1 is 1.29 bits per heavy atom. The highest BCUT2D eigenvalue weighted by Crippen LogP contribution is 2.13. The zero-order valence-corrected chi connectivity index (χ0v) is 9.54. The molecule has 76 valence electrons. The van der Waals surface area contributed by atoms with Crippen LogP contribution in [-0.4, -0.2) is 19.0 Å². The van der Waals surface area contributed by atoms with E-state index in [9.17, 15) is 0 Å². The normalized spacial score (nSPS) is 11.5. The first-order valence-corrected chi connectivity index (χ1v) is 5.00. The van der Waals surface area contributed by atoms with E-state index in [1.807, 2.05) is 0 Å². The SMILES string of the molecule is C/C=C/c1cc(CN(C)C)ccc1C. The first-order valence-electron chi connectivity index (χ1n) is 5.00. The molecule has 0 aromatic heterocycles. The fraction of sp³-hybridized carbons (Fsp3) is 0.385. The van der Waals surface area contributed by atoms with E-state index in [1.54, 1.807) is 0 Å². The Balaban J connectivity index is 2.94. The minimum atomic E-state index is 1.00. The third kappa shape index (κ3) is 3.00. The van der Waals surface area contributed by atoms with Crippen LogP contribution in [0.25, 0.3) is 6.08 Å². The van der Waals surface area contributed by atoms with Crippen LogP contribution in [0.15, 0.2) is 24.3 Å². The van der Waals surface area contributed by atoms with Crippen LogP contribution >= 0.6 is 0 Å². The van der Waals surface area contributed by atoms with E-state index in [4.69, 9.17) is 0 Å². The van der Waals surface area contributed by atoms with Crippen molar-refractivity contribution in [3.8, 4) is 0 Å². The van der Waals surface area contributed by atoms with Gasteiger partial charge in [-0.3, -0.25) is 0 Å². The van der Waals surface area contributed by atoms with Crippen molar-refractivity contribution in [2.75, 3.05) is 14.1 Å². The maximum absolute atomic E-state index is 2.26. The molecule has 0 aliphatic heterocycles. The molecule has 0 bridgehead atoms. The fourth-order valence-corrected chi connectivity index (χ4v) is 1.51. The monoisotopic (exact) mass is 189 g/mol. The second-order valence-corrected chi connectivity index (χ2v) is 3.93. The lowest BCUT2D eigenvalue weighted by Crippen LogP contribution is -2.10. The van der Waals surface area contributed by atoms with Crippen LogP contribution in [0.4, 0.5) is 0 Å². The van der Waals surface area contributed by atoms with Crippen molar-refractivity contribution in [3.63, 3.8) is 0 Å². The van der Waals surface area contributed by atoms with Gasteiger partial charge in [0, 0.05) is 6.54 Å². The Morgan fingerprint density at radius 3 is 2.57 bits per heavy atom. The topological polar surface area (TPSA) is 3.24 Å². The Hall–Kier alpha value is -1.08. The summed E-state index contributed by atoms with van der Waals surface area (Å²) in [6, 6.07) is 6.64. The van der Waals surface area contributed by atoms with Gasteiger partial charge < -0.3 is 4.90 Å². The molecule has 0 spiro atoms. The Bertz CT molecular complexity index is 324. The van der Waals surface area contributed by atoms with E-state index in [2.05, 4.69) is 63.2 Å². The largest absolute Gasteiger partial charge is 0.305 e. The number of allylic oxidation sites excluding steroid dienone is 1. The van der Waals surface area contributed by atoms with Gasteiger partial charge in [0.15, 0.2) is 0 Å². The highest BCUT2D eigenvalue weighted by atomic mass is 15.0. The van der Waals surface area contributed by atoms with Gasteiger partial charge in [-0.25, -0.2) is 0 Å². The molecule has 0 fully saturated rings. The summed E-state index contributed by atoms with van der Waals surface area (Å²) in [5.74, 6) is 0. The van der Waals surface area contributed by atoms with Gasteiger partial charge in [0.2, 0.25) is 0 Å². The summed E-state index contributed by atoms with van der Waals surface area (Å²) in [5, 5.41) is 0. The van der Waals surface area contributed by atoms with Gasteiger partial charge in [0.25, 0.3) is 0 Å². The van der Waals surface area contributed by atoms with Gasteiger partial charge in [0.1, 0.15) is 0 Å². The molecule has 1 aromatic carbocycles. The smallest absolute Gasteiger partial charge is 0.0227 e. The number of rotatable bonds is 3. The second-order valence-electron chi connectivity index (χ2n) is 3.93. The average Bonchev–Trinajstić information content (AvgIpc) is 2.10. The predicted molar refractivity (Wildman–Crippen MR) is 63.3 cm³/mol. The molecule has 1 nitrogen and oxygen atoms in total. The van der Waals surface area contributed by atoms with Crippen LogP contribution < -0.4 is 0 Å². The van der Waals surface area contributed by atoms with E-state index in [-0.39, 0.29) is 0 Å². The maximum atomic E-state index is 2.26. The molecule has 1 heteroatoms. The Kier molecular flexibility index (Phi) is 3.90. The van der Waals surface area contributed by atoms with E-state index in [1.165, 1.54) is 16.7 Å². The molecule has 0 aliphatic carbocycles. The summed E-state index contributed by atoms with van der Waals surface area (Å²) in [4.78, 5) is 2.18. The van der Waals surface area contributed by atoms with Crippen molar-refractivity contribution in [2.24, 2.45) is 0 Å². The number of benzene rings is 1. The Labute approximate surface area is 87.1 Å². The molecule has 0 saturated carbocycles. The van der Waals surface area contributed by atoms with Gasteiger partial charge in [-0.15, -0.1) is 0 Å². The first kappa shape index (κ1) is 11.0. The van der Waals surface area contributed by atoms with Crippen LogP contribution in [0, 0.1) is 6.92 Å². The number of nitrogens with zero attached hydrogens (tertiary/aromatic N) is 1.